The number of ether oxygens (including phenoxy) is 25. The van der Waals surface area contributed by atoms with E-state index in [2.05, 4.69) is 42.5 Å². The summed E-state index contributed by atoms with van der Waals surface area (Å²) in [5, 5.41) is 21.1. The summed E-state index contributed by atoms with van der Waals surface area (Å²) >= 11 is 0. The van der Waals surface area contributed by atoms with Gasteiger partial charge in [0.05, 0.1) is 139 Å². The Hall–Kier alpha value is -9.81. The first-order valence-corrected chi connectivity index (χ1v) is 41.9. The van der Waals surface area contributed by atoms with E-state index >= 15 is 0 Å². The molecular formula is C80H130N8O42. The second kappa shape index (κ2) is 63.3. The first-order chi connectivity index (χ1) is 61.6. The third kappa shape index (κ3) is 50.6. The minimum Gasteiger partial charge on any atom is -0.463 e. The lowest BCUT2D eigenvalue weighted by molar-refractivity contribution is -0.279. The summed E-state index contributed by atoms with van der Waals surface area (Å²) in [7, 11) is 0. The molecule has 3 fully saturated rings. The number of carbonyl (C=O) groups excluding carboxylic acids is 17. The molecule has 0 aliphatic carbocycles. The van der Waals surface area contributed by atoms with Crippen LogP contribution in [0.3, 0.4) is 0 Å². The molecule has 8 amide bonds. The van der Waals surface area contributed by atoms with Gasteiger partial charge in [-0.25, -0.2) is 4.79 Å². The van der Waals surface area contributed by atoms with Gasteiger partial charge < -0.3 is 161 Å². The highest BCUT2D eigenvalue weighted by Crippen LogP contribution is 2.32. The van der Waals surface area contributed by atoms with Gasteiger partial charge in [0.25, 0.3) is 0 Å². The van der Waals surface area contributed by atoms with Gasteiger partial charge in [-0.15, -0.1) is 0 Å². The number of rotatable bonds is 63. The van der Waals surface area contributed by atoms with E-state index in [4.69, 9.17) is 118 Å². The van der Waals surface area contributed by atoms with E-state index in [0.717, 1.165) is 62.3 Å². The number of alkyl carbamates (subject to hydrolysis) is 1. The molecule has 0 unspecified atom stereocenters. The molecule has 0 saturated carbocycles. The fourth-order valence-corrected chi connectivity index (χ4v) is 12.3. The SMILES string of the molecule is CC(=O)N[C@H]1[C@H](OCCOCCOCCNC(=O)CCOCC(COCCC(=O)NCCOCCOCCO[C@@H]2O[C@H](COC(C)=O)[C@H](OC(C)=O)[C@H](OC(C)=O)[C@H]2NC(C)=O)(COCCC(=O)NCCOCCOCCO[C@@H]2O[C@H](COC(C)=O)[C@H](OC(C)=O)[C@H](OC(C)=O)[C@H]2NC(C)=O)NC(=O)CNC(=O)OC(C)(C)C)O[C@H](COC(C)=O)[C@H](OC(C)=O)[C@@H]1OC(C)=O. The minimum absolute atomic E-state index is 0.0379. The standard InChI is InChI=1S/C80H130N8O42/c1-47(89)85-66-72(124-56(10)98)69(121-53(7)95)59(41-118-50(4)92)127-75(66)115-37-34-109-31-28-106-25-19-81-62(101)16-22-112-44-80(88-65(104)40-84-78(105)130-79(13,14)15,45-113-23-17-63(102)82-20-26-107-29-32-110-35-38-116-76-67(86-48(2)90)73(125-57(11)99)70(122-54(8)96)60(128-76)42-119-51(5)93)46-114-24-18-64(103)83-21-27-108-30-33-111-36-39-117-77-68(87-49(3)91)74(126-58(12)100)71(123-55(9)97)61(129-77)43-120-52(6)94/h59-61,66-77H,16-46H2,1-15H3,(H,81,101)(H,82,102)(H,83,103)(H,84,105)(H,85,89)(H,86,90)(H,87,91)(H,88,104)/t59-,60-,61-,66-,67-,68-,69+,70+,71+,72-,73-,74-,75-,76-,77-/m1/s1. The maximum Gasteiger partial charge on any atom is 0.408 e. The van der Waals surface area contributed by atoms with Crippen LogP contribution in [0.15, 0.2) is 0 Å². The molecule has 8 N–H and O–H groups in total. The highest BCUT2D eigenvalue weighted by Gasteiger charge is 2.55. The lowest BCUT2D eigenvalue weighted by atomic mass is 9.96. The molecule has 742 valence electrons. The Balaban J connectivity index is 1.63. The number of nitrogens with one attached hydrogen (secondary N) is 8. The Morgan fingerprint density at radius 2 is 0.538 bits per heavy atom. The predicted octanol–water partition coefficient (Wildman–Crippen LogP) is -3.95. The van der Waals surface area contributed by atoms with Crippen LogP contribution < -0.4 is 42.5 Å². The fraction of sp³-hybridized carbons (Fsp3) is 0.787. The average molecular weight is 1880 g/mol. The molecule has 0 aromatic rings. The van der Waals surface area contributed by atoms with E-state index < -0.39 is 250 Å². The van der Waals surface area contributed by atoms with Gasteiger partial charge in [-0.3, -0.25) is 76.7 Å². The summed E-state index contributed by atoms with van der Waals surface area (Å²) in [4.78, 5) is 211. The molecule has 130 heavy (non-hydrogen) atoms. The van der Waals surface area contributed by atoms with E-state index in [0.29, 0.717) is 0 Å². The van der Waals surface area contributed by atoms with Crippen molar-refractivity contribution in [3.63, 3.8) is 0 Å². The first-order valence-electron chi connectivity index (χ1n) is 41.9. The average Bonchev–Trinajstić information content (AvgIpc) is 0.795. The Bertz CT molecular complexity index is 3240. The zero-order chi connectivity index (χ0) is 96.7. The van der Waals surface area contributed by atoms with E-state index in [1.807, 2.05) is 0 Å². The summed E-state index contributed by atoms with van der Waals surface area (Å²) in [5.74, 6) is -10.6. The van der Waals surface area contributed by atoms with Crippen molar-refractivity contribution in [2.24, 2.45) is 0 Å². The van der Waals surface area contributed by atoms with Gasteiger partial charge in [-0.05, 0) is 20.8 Å². The summed E-state index contributed by atoms with van der Waals surface area (Å²) in [6.07, 6.45) is -17.0. The van der Waals surface area contributed by atoms with Crippen molar-refractivity contribution in [3.05, 3.63) is 0 Å². The summed E-state index contributed by atoms with van der Waals surface area (Å²) < 4.78 is 141. The normalized spacial score (nSPS) is 21.8. The monoisotopic (exact) mass is 1870 g/mol. The lowest BCUT2D eigenvalue weighted by Crippen LogP contribution is -2.66. The van der Waals surface area contributed by atoms with Gasteiger partial charge in [0.15, 0.2) is 55.5 Å². The van der Waals surface area contributed by atoms with Crippen molar-refractivity contribution < 1.29 is 200 Å². The molecule has 3 saturated heterocycles. The maximum atomic E-state index is 13.8. The van der Waals surface area contributed by atoms with Crippen molar-refractivity contribution in [3.8, 4) is 0 Å². The first kappa shape index (κ1) is 114. The van der Waals surface area contributed by atoms with Crippen LogP contribution in [0, 0.1) is 0 Å². The Morgan fingerprint density at radius 1 is 0.285 bits per heavy atom. The Labute approximate surface area is 752 Å². The Kier molecular flexibility index (Phi) is 55.7. The van der Waals surface area contributed by atoms with Gasteiger partial charge in [0.1, 0.15) is 73.9 Å². The highest BCUT2D eigenvalue weighted by molar-refractivity contribution is 5.83. The number of amides is 8. The molecule has 50 heteroatoms. The number of esters is 9. The van der Waals surface area contributed by atoms with E-state index in [9.17, 15) is 81.5 Å². The van der Waals surface area contributed by atoms with E-state index in [1.54, 1.807) is 20.8 Å². The summed E-state index contributed by atoms with van der Waals surface area (Å²) in [6, 6.07) is -3.57. The largest absolute Gasteiger partial charge is 0.463 e. The van der Waals surface area contributed by atoms with Crippen molar-refractivity contribution in [1.82, 2.24) is 42.5 Å². The van der Waals surface area contributed by atoms with Crippen molar-refractivity contribution in [2.45, 2.75) is 226 Å². The van der Waals surface area contributed by atoms with Crippen LogP contribution >= 0.6 is 0 Å². The summed E-state index contributed by atoms with van der Waals surface area (Å²) in [5.41, 5.74) is -2.58. The lowest BCUT2D eigenvalue weighted by Gasteiger charge is -2.44. The zero-order valence-electron chi connectivity index (χ0n) is 76.2. The van der Waals surface area contributed by atoms with Gasteiger partial charge in [-0.2, -0.15) is 0 Å². The van der Waals surface area contributed by atoms with Crippen molar-refractivity contribution in [1.29, 1.82) is 0 Å². The van der Waals surface area contributed by atoms with Crippen molar-refractivity contribution >= 4 is 101 Å². The van der Waals surface area contributed by atoms with Crippen LogP contribution in [0.2, 0.25) is 0 Å². The Morgan fingerprint density at radius 3 is 0.785 bits per heavy atom. The highest BCUT2D eigenvalue weighted by atomic mass is 16.7. The molecule has 0 aromatic carbocycles. The molecule has 0 spiro atoms. The minimum atomic E-state index is -1.64. The predicted molar refractivity (Wildman–Crippen MR) is 435 cm³/mol. The van der Waals surface area contributed by atoms with E-state index in [1.165, 1.54) is 20.8 Å². The molecule has 50 nitrogen and oxygen atoms in total. The third-order valence-electron chi connectivity index (χ3n) is 17.3. The van der Waals surface area contributed by atoms with Gasteiger partial charge >= 0.3 is 59.8 Å². The second-order valence-electron chi connectivity index (χ2n) is 30.1. The number of carbonyl (C=O) groups is 17. The van der Waals surface area contributed by atoms with Gasteiger partial charge in [-0.1, -0.05) is 0 Å². The molecule has 0 bridgehead atoms. The summed E-state index contributed by atoms with van der Waals surface area (Å²) in [6.45, 7) is 14.8. The molecule has 3 aliphatic heterocycles. The van der Waals surface area contributed by atoms with E-state index in [-0.39, 0.29) is 158 Å². The van der Waals surface area contributed by atoms with Gasteiger partial charge in [0, 0.05) is 122 Å². The molecule has 0 radical (unpaired) electrons. The van der Waals surface area contributed by atoms with Crippen LogP contribution in [-0.4, -0.2) is 389 Å². The van der Waals surface area contributed by atoms with Crippen LogP contribution in [0.4, 0.5) is 4.79 Å². The smallest absolute Gasteiger partial charge is 0.408 e. The van der Waals surface area contributed by atoms with Crippen molar-refractivity contribution in [2.75, 3.05) is 185 Å². The maximum absolute atomic E-state index is 13.8. The quantitative estimate of drug-likeness (QED) is 0.0164. The number of hydrogen-bond donors (Lipinski definition) is 8. The molecule has 3 aliphatic rings. The molecule has 3 heterocycles. The van der Waals surface area contributed by atoms with Crippen LogP contribution in [-0.2, 0) is 195 Å². The topological polar surface area (TPSA) is 617 Å². The van der Waals surface area contributed by atoms with Crippen LogP contribution in [0.5, 0.6) is 0 Å². The molecule has 15 atom stereocenters. The fourth-order valence-electron chi connectivity index (χ4n) is 12.3. The number of hydrogen-bond acceptors (Lipinski definition) is 42. The second-order valence-corrected chi connectivity index (χ2v) is 30.1. The third-order valence-corrected chi connectivity index (χ3v) is 17.3. The van der Waals surface area contributed by atoms with Gasteiger partial charge in [0.2, 0.25) is 41.4 Å². The van der Waals surface area contributed by atoms with Crippen LogP contribution in [0.25, 0.3) is 0 Å². The molecular weight excluding hydrogens is 1740 g/mol. The molecule has 0 aromatic heterocycles. The van der Waals surface area contributed by atoms with Crippen LogP contribution in [0.1, 0.15) is 123 Å². The molecule has 3 rings (SSSR count). The zero-order valence-corrected chi connectivity index (χ0v) is 76.2.